The molecule has 5 rings (SSSR count). The number of nitrogens with one attached hydrogen (secondary N) is 2. The van der Waals surface area contributed by atoms with Crippen LogP contribution in [0.3, 0.4) is 0 Å². The Labute approximate surface area is 257 Å². The molecular formula is C31H37Cl2N7O2. The minimum atomic E-state index is -0.548. The topological polar surface area (TPSA) is 110 Å². The molecular weight excluding hydrogens is 573 g/mol. The summed E-state index contributed by atoms with van der Waals surface area (Å²) >= 11 is 12.9. The van der Waals surface area contributed by atoms with Gasteiger partial charge in [0, 0.05) is 56.1 Å². The highest BCUT2D eigenvalue weighted by atomic mass is 35.5. The lowest BCUT2D eigenvalue weighted by atomic mass is 10.1. The van der Waals surface area contributed by atoms with Crippen molar-refractivity contribution in [2.24, 2.45) is 0 Å². The van der Waals surface area contributed by atoms with Crippen LogP contribution in [0.5, 0.6) is 5.75 Å². The van der Waals surface area contributed by atoms with Crippen molar-refractivity contribution < 1.29 is 9.84 Å². The number of benzene rings is 1. The van der Waals surface area contributed by atoms with Crippen LogP contribution in [0.25, 0.3) is 17.1 Å². The van der Waals surface area contributed by atoms with Gasteiger partial charge in [-0.2, -0.15) is 0 Å². The smallest absolute Gasteiger partial charge is 0.163 e. The van der Waals surface area contributed by atoms with Gasteiger partial charge in [0.05, 0.1) is 22.5 Å². The number of ether oxygens (including phenoxy) is 1. The number of aromatic nitrogens is 3. The van der Waals surface area contributed by atoms with Gasteiger partial charge in [-0.15, -0.1) is 0 Å². The van der Waals surface area contributed by atoms with Crippen molar-refractivity contribution in [1.29, 1.82) is 5.41 Å². The first-order chi connectivity index (χ1) is 20.2. The number of rotatable bonds is 11. The van der Waals surface area contributed by atoms with Gasteiger partial charge in [-0.05, 0) is 62.1 Å². The molecule has 1 aromatic carbocycles. The standard InChI is InChI=1S/C31H37Cl2N7O2/c1-5-7-22(41)17-42-23-8-9-25(32)24(13-23)30-37-28(27(35-4)18(2)29(33)34)19(3)31(38-30)40-15-20-12-26(39-10-6-11-39)36-14-21(20)16-40/h8-9,12-14,22,34-35,41H,5-7,10-11,15-17H2,1-4H3/b27-18-,34-29?/t22-/m1/s1. The summed E-state index contributed by atoms with van der Waals surface area (Å²) in [6.45, 7) is 9.42. The monoisotopic (exact) mass is 609 g/mol. The summed E-state index contributed by atoms with van der Waals surface area (Å²) in [5, 5.41) is 21.8. The molecule has 9 nitrogen and oxygen atoms in total. The molecule has 0 saturated carbocycles. The average molecular weight is 611 g/mol. The summed E-state index contributed by atoms with van der Waals surface area (Å²) in [6, 6.07) is 7.53. The maximum Gasteiger partial charge on any atom is 0.163 e. The third-order valence-electron chi connectivity index (χ3n) is 7.82. The Morgan fingerprint density at radius 2 is 1.93 bits per heavy atom. The number of aliphatic hydroxyl groups is 1. The molecule has 2 aliphatic heterocycles. The summed E-state index contributed by atoms with van der Waals surface area (Å²) in [6.07, 6.45) is 4.16. The van der Waals surface area contributed by atoms with Crippen LogP contribution in [0.2, 0.25) is 5.02 Å². The maximum atomic E-state index is 10.2. The molecule has 0 unspecified atom stereocenters. The van der Waals surface area contributed by atoms with Gasteiger partial charge in [0.2, 0.25) is 0 Å². The van der Waals surface area contributed by atoms with Crippen LogP contribution in [0.4, 0.5) is 11.6 Å². The van der Waals surface area contributed by atoms with Crippen LogP contribution in [0, 0.1) is 12.3 Å². The van der Waals surface area contributed by atoms with Crippen molar-refractivity contribution in [3.63, 3.8) is 0 Å². The number of hydrogen-bond donors (Lipinski definition) is 3. The zero-order chi connectivity index (χ0) is 30.0. The molecule has 0 radical (unpaired) electrons. The number of halogens is 2. The third kappa shape index (κ3) is 6.19. The number of nitrogens with zero attached hydrogens (tertiary/aromatic N) is 5. The van der Waals surface area contributed by atoms with Crippen molar-refractivity contribution in [3.05, 3.63) is 63.4 Å². The number of allylic oxidation sites excluding steroid dienone is 1. The molecule has 3 N–H and O–H groups in total. The Morgan fingerprint density at radius 1 is 1.17 bits per heavy atom. The molecule has 11 heteroatoms. The van der Waals surface area contributed by atoms with E-state index in [-0.39, 0.29) is 11.8 Å². The van der Waals surface area contributed by atoms with Gasteiger partial charge < -0.3 is 25.0 Å². The van der Waals surface area contributed by atoms with Gasteiger partial charge in [0.25, 0.3) is 0 Å². The van der Waals surface area contributed by atoms with Gasteiger partial charge in [0.1, 0.15) is 29.2 Å². The maximum absolute atomic E-state index is 10.2. The van der Waals surface area contributed by atoms with Crippen molar-refractivity contribution in [2.75, 3.05) is 36.5 Å². The quantitative estimate of drug-likeness (QED) is 0.229. The molecule has 1 fully saturated rings. The van der Waals surface area contributed by atoms with Gasteiger partial charge in [-0.1, -0.05) is 36.5 Å². The van der Waals surface area contributed by atoms with E-state index in [0.29, 0.717) is 58.6 Å². The average Bonchev–Trinajstić information content (AvgIpc) is 3.36. The highest BCUT2D eigenvalue weighted by Crippen LogP contribution is 2.37. The van der Waals surface area contributed by atoms with Crippen LogP contribution in [0.15, 0.2) is 36.0 Å². The lowest BCUT2D eigenvalue weighted by Crippen LogP contribution is -2.37. The number of aliphatic hydroxyl groups excluding tert-OH is 1. The molecule has 2 aliphatic rings. The SMILES string of the molecule is CCC[C@@H](O)COc1ccc(Cl)c(-c2nc(/C(NC)=C(\C)C(=N)Cl)c(C)c(N3Cc4cnc(N5CCC5)cc4C3)n2)c1. The fraction of sp³-hybridized carbons (Fsp3) is 0.419. The van der Waals surface area contributed by atoms with E-state index in [1.54, 1.807) is 32.2 Å². The fourth-order valence-corrected chi connectivity index (χ4v) is 5.58. The van der Waals surface area contributed by atoms with Gasteiger partial charge in [-0.3, -0.25) is 5.41 Å². The molecule has 42 heavy (non-hydrogen) atoms. The molecule has 0 aliphatic carbocycles. The predicted octanol–water partition coefficient (Wildman–Crippen LogP) is 5.94. The summed E-state index contributed by atoms with van der Waals surface area (Å²) in [5.74, 6) is 2.77. The van der Waals surface area contributed by atoms with Crippen LogP contribution >= 0.6 is 23.2 Å². The molecule has 0 bridgehead atoms. The van der Waals surface area contributed by atoms with E-state index in [0.717, 1.165) is 36.7 Å². The van der Waals surface area contributed by atoms with Crippen molar-refractivity contribution in [1.82, 2.24) is 20.3 Å². The Bertz CT molecular complexity index is 1520. The highest BCUT2D eigenvalue weighted by molar-refractivity contribution is 6.69. The van der Waals surface area contributed by atoms with E-state index in [1.165, 1.54) is 17.5 Å². The lowest BCUT2D eigenvalue weighted by molar-refractivity contribution is 0.0994. The molecule has 2 aromatic heterocycles. The summed E-state index contributed by atoms with van der Waals surface area (Å²) in [5.41, 5.74) is 5.71. The molecule has 4 heterocycles. The lowest BCUT2D eigenvalue weighted by Gasteiger charge is -2.32. The molecule has 0 amide bonds. The molecule has 0 spiro atoms. The van der Waals surface area contributed by atoms with E-state index in [1.807, 2.05) is 20.0 Å². The largest absolute Gasteiger partial charge is 0.491 e. The minimum absolute atomic E-state index is 0.0716. The molecule has 3 aromatic rings. The summed E-state index contributed by atoms with van der Waals surface area (Å²) < 4.78 is 5.89. The third-order valence-corrected chi connectivity index (χ3v) is 8.44. The Balaban J connectivity index is 1.57. The van der Waals surface area contributed by atoms with E-state index in [9.17, 15) is 5.11 Å². The summed E-state index contributed by atoms with van der Waals surface area (Å²) in [4.78, 5) is 19.2. The van der Waals surface area contributed by atoms with Crippen molar-refractivity contribution >= 4 is 45.7 Å². The predicted molar refractivity (Wildman–Crippen MR) is 170 cm³/mol. The number of anilines is 2. The first-order valence-electron chi connectivity index (χ1n) is 14.3. The van der Waals surface area contributed by atoms with E-state index < -0.39 is 6.10 Å². The van der Waals surface area contributed by atoms with E-state index in [2.05, 4.69) is 21.2 Å². The second-order valence-electron chi connectivity index (χ2n) is 10.8. The Morgan fingerprint density at radius 3 is 2.60 bits per heavy atom. The Hall–Kier alpha value is -3.40. The van der Waals surface area contributed by atoms with Crippen LogP contribution in [-0.2, 0) is 13.1 Å². The van der Waals surface area contributed by atoms with Gasteiger partial charge in [0.15, 0.2) is 5.82 Å². The number of pyridine rings is 1. The summed E-state index contributed by atoms with van der Waals surface area (Å²) in [7, 11) is 1.79. The van der Waals surface area contributed by atoms with E-state index >= 15 is 0 Å². The number of hydrogen-bond acceptors (Lipinski definition) is 9. The van der Waals surface area contributed by atoms with Crippen LogP contribution < -0.4 is 19.9 Å². The fourth-order valence-electron chi connectivity index (χ4n) is 5.28. The second kappa shape index (κ2) is 12.9. The molecule has 222 valence electrons. The zero-order valence-corrected chi connectivity index (χ0v) is 26.0. The van der Waals surface area contributed by atoms with Crippen molar-refractivity contribution in [2.45, 2.75) is 59.2 Å². The minimum Gasteiger partial charge on any atom is -0.491 e. The van der Waals surface area contributed by atoms with Crippen LogP contribution in [-0.4, -0.2) is 58.1 Å². The highest BCUT2D eigenvalue weighted by Gasteiger charge is 2.28. The second-order valence-corrected chi connectivity index (χ2v) is 11.6. The first-order valence-corrected chi connectivity index (χ1v) is 15.1. The van der Waals surface area contributed by atoms with Crippen molar-refractivity contribution in [3.8, 4) is 17.1 Å². The van der Waals surface area contributed by atoms with Crippen LogP contribution in [0.1, 0.15) is 55.5 Å². The first kappa shape index (κ1) is 30.1. The molecule has 1 atom stereocenters. The Kier molecular flexibility index (Phi) is 9.20. The zero-order valence-electron chi connectivity index (χ0n) is 24.5. The van der Waals surface area contributed by atoms with Gasteiger partial charge >= 0.3 is 0 Å². The normalized spacial score (nSPS) is 15.6. The number of fused-ring (bicyclic) bond motifs is 1. The van der Waals surface area contributed by atoms with Gasteiger partial charge in [-0.25, -0.2) is 15.0 Å². The van der Waals surface area contributed by atoms with E-state index in [4.69, 9.17) is 48.3 Å². The molecule has 1 saturated heterocycles.